The Kier molecular flexibility index (Phi) is 4.84. The van der Waals surface area contributed by atoms with Gasteiger partial charge in [0, 0.05) is 7.05 Å². The van der Waals surface area contributed by atoms with E-state index in [0.717, 1.165) is 10.9 Å². The lowest BCUT2D eigenvalue weighted by atomic mass is 10.0. The summed E-state index contributed by atoms with van der Waals surface area (Å²) >= 11 is 0. The Hall–Kier alpha value is -2.38. The fourth-order valence-corrected chi connectivity index (χ4v) is 1.78. The number of hydrogen-bond acceptors (Lipinski definition) is 4. The fourth-order valence-electron chi connectivity index (χ4n) is 1.78. The largest absolute Gasteiger partial charge is 0.480 e. The Morgan fingerprint density at radius 2 is 1.95 bits per heavy atom. The quantitative estimate of drug-likeness (QED) is 0.692. The Morgan fingerprint density at radius 1 is 1.35 bits per heavy atom. The summed E-state index contributed by atoms with van der Waals surface area (Å²) in [7, 11) is 1.42. The van der Waals surface area contributed by atoms with Crippen molar-refractivity contribution in [3.05, 3.63) is 17.5 Å². The molecular formula is C12H17N3O5. The number of aliphatic carboxylic acids is 1. The summed E-state index contributed by atoms with van der Waals surface area (Å²) in [5.41, 5.74) is -0.439. The van der Waals surface area contributed by atoms with E-state index >= 15 is 0 Å². The van der Waals surface area contributed by atoms with Crippen molar-refractivity contribution in [1.82, 2.24) is 15.1 Å². The zero-order valence-corrected chi connectivity index (χ0v) is 11.5. The lowest BCUT2D eigenvalue weighted by Gasteiger charge is -2.16. The van der Waals surface area contributed by atoms with Crippen LogP contribution >= 0.6 is 0 Å². The van der Waals surface area contributed by atoms with Gasteiger partial charge in [-0.05, 0) is 12.3 Å². The molecule has 0 aliphatic heterocycles. The molecule has 1 atom stereocenters. The van der Waals surface area contributed by atoms with Crippen LogP contribution in [-0.2, 0) is 11.8 Å². The highest BCUT2D eigenvalue weighted by atomic mass is 16.4. The average molecular weight is 283 g/mol. The minimum absolute atomic E-state index is 0.0712. The number of carboxylic acid groups (broad SMARTS) is 2. The molecule has 1 amide bonds. The second-order valence-corrected chi connectivity index (χ2v) is 4.83. The summed E-state index contributed by atoms with van der Waals surface area (Å²) in [4.78, 5) is 34.1. The van der Waals surface area contributed by atoms with Crippen LogP contribution < -0.4 is 5.32 Å². The first-order valence-corrected chi connectivity index (χ1v) is 6.03. The van der Waals surface area contributed by atoms with Gasteiger partial charge in [0.05, 0.1) is 6.20 Å². The number of amides is 1. The molecule has 1 rings (SSSR count). The number of aryl methyl sites for hydroxylation is 1. The van der Waals surface area contributed by atoms with Crippen LogP contribution in [0.5, 0.6) is 0 Å². The third kappa shape index (κ3) is 3.56. The van der Waals surface area contributed by atoms with E-state index in [1.54, 1.807) is 0 Å². The maximum atomic E-state index is 12.0. The summed E-state index contributed by atoms with van der Waals surface area (Å²) in [6.45, 7) is 3.66. The molecular weight excluding hydrogens is 266 g/mol. The highest BCUT2D eigenvalue weighted by molar-refractivity contribution is 6.04. The van der Waals surface area contributed by atoms with Gasteiger partial charge in [0.15, 0.2) is 0 Å². The van der Waals surface area contributed by atoms with Gasteiger partial charge in [-0.1, -0.05) is 13.8 Å². The molecule has 0 spiro atoms. The van der Waals surface area contributed by atoms with E-state index in [0.29, 0.717) is 0 Å². The lowest BCUT2D eigenvalue weighted by Crippen LogP contribution is -2.42. The van der Waals surface area contributed by atoms with Crippen molar-refractivity contribution in [2.24, 2.45) is 13.0 Å². The molecule has 0 aromatic carbocycles. The van der Waals surface area contributed by atoms with Crippen LogP contribution in [0.3, 0.4) is 0 Å². The summed E-state index contributed by atoms with van der Waals surface area (Å²) in [5, 5.41) is 24.1. The molecule has 0 aliphatic carbocycles. The minimum atomic E-state index is -1.29. The monoisotopic (exact) mass is 283 g/mol. The van der Waals surface area contributed by atoms with Gasteiger partial charge in [0.25, 0.3) is 5.91 Å². The van der Waals surface area contributed by atoms with Crippen LogP contribution in [0.4, 0.5) is 0 Å². The van der Waals surface area contributed by atoms with E-state index in [2.05, 4.69) is 10.4 Å². The first kappa shape index (κ1) is 15.7. The molecule has 0 bridgehead atoms. The van der Waals surface area contributed by atoms with E-state index in [9.17, 15) is 14.4 Å². The summed E-state index contributed by atoms with van der Waals surface area (Å²) in [6.07, 6.45) is 1.30. The van der Waals surface area contributed by atoms with Crippen molar-refractivity contribution >= 4 is 17.8 Å². The van der Waals surface area contributed by atoms with Gasteiger partial charge in [0.2, 0.25) is 0 Å². The van der Waals surface area contributed by atoms with Crippen LogP contribution in [-0.4, -0.2) is 43.9 Å². The number of carboxylic acids is 2. The van der Waals surface area contributed by atoms with E-state index in [4.69, 9.17) is 10.2 Å². The van der Waals surface area contributed by atoms with Gasteiger partial charge in [-0.3, -0.25) is 9.48 Å². The minimum Gasteiger partial charge on any atom is -0.480 e. The van der Waals surface area contributed by atoms with E-state index in [-0.39, 0.29) is 23.6 Å². The molecule has 0 unspecified atom stereocenters. The predicted octanol–water partition coefficient (Wildman–Crippen LogP) is 0.347. The second kappa shape index (κ2) is 6.18. The van der Waals surface area contributed by atoms with Gasteiger partial charge >= 0.3 is 11.9 Å². The summed E-state index contributed by atoms with van der Waals surface area (Å²) in [5.74, 6) is -3.15. The standard InChI is InChI=1S/C12H17N3O5/c1-6(2)4-8(12(19)20)14-10(16)9-7(11(17)18)5-13-15(9)3/h5-6,8H,4H2,1-3H3,(H,14,16)(H,17,18)(H,19,20)/t8-/m0/s1. The molecule has 0 aliphatic rings. The molecule has 1 heterocycles. The number of nitrogens with zero attached hydrogens (tertiary/aromatic N) is 2. The van der Waals surface area contributed by atoms with Crippen LogP contribution in [0.2, 0.25) is 0 Å². The van der Waals surface area contributed by atoms with Gasteiger partial charge in [-0.2, -0.15) is 5.10 Å². The normalized spacial score (nSPS) is 12.2. The van der Waals surface area contributed by atoms with E-state index < -0.39 is 23.9 Å². The molecule has 110 valence electrons. The topological polar surface area (TPSA) is 122 Å². The molecule has 8 heteroatoms. The predicted molar refractivity (Wildman–Crippen MR) is 68.5 cm³/mol. The number of carbonyl (C=O) groups is 3. The van der Waals surface area contributed by atoms with E-state index in [1.807, 2.05) is 13.8 Å². The van der Waals surface area contributed by atoms with Crippen LogP contribution in [0.25, 0.3) is 0 Å². The van der Waals surface area contributed by atoms with Crippen LogP contribution in [0.15, 0.2) is 6.20 Å². The van der Waals surface area contributed by atoms with Gasteiger partial charge < -0.3 is 15.5 Å². The van der Waals surface area contributed by atoms with E-state index in [1.165, 1.54) is 7.05 Å². The number of hydrogen-bond donors (Lipinski definition) is 3. The lowest BCUT2D eigenvalue weighted by molar-refractivity contribution is -0.139. The first-order chi connectivity index (χ1) is 9.23. The zero-order chi connectivity index (χ0) is 15.4. The maximum Gasteiger partial charge on any atom is 0.339 e. The van der Waals surface area contributed by atoms with Crippen LogP contribution in [0.1, 0.15) is 41.1 Å². The molecule has 0 saturated carbocycles. The third-order valence-corrected chi connectivity index (χ3v) is 2.69. The smallest absolute Gasteiger partial charge is 0.339 e. The Morgan fingerprint density at radius 3 is 2.40 bits per heavy atom. The van der Waals surface area contributed by atoms with Crippen LogP contribution in [0, 0.1) is 5.92 Å². The fraction of sp³-hybridized carbons (Fsp3) is 0.500. The highest BCUT2D eigenvalue weighted by Crippen LogP contribution is 2.10. The summed E-state index contributed by atoms with van der Waals surface area (Å²) in [6, 6.07) is -1.07. The second-order valence-electron chi connectivity index (χ2n) is 4.83. The molecule has 8 nitrogen and oxygen atoms in total. The number of rotatable bonds is 6. The highest BCUT2D eigenvalue weighted by Gasteiger charge is 2.26. The van der Waals surface area contributed by atoms with Crippen molar-refractivity contribution in [2.45, 2.75) is 26.3 Å². The molecule has 1 aromatic rings. The van der Waals surface area contributed by atoms with Crippen molar-refractivity contribution in [3.8, 4) is 0 Å². The number of carbonyl (C=O) groups excluding carboxylic acids is 1. The Bertz CT molecular complexity index is 535. The molecule has 0 saturated heterocycles. The van der Waals surface area contributed by atoms with Gasteiger partial charge in [0.1, 0.15) is 17.3 Å². The molecule has 1 aromatic heterocycles. The van der Waals surface area contributed by atoms with Crippen molar-refractivity contribution in [2.75, 3.05) is 0 Å². The first-order valence-electron chi connectivity index (χ1n) is 6.03. The SMILES string of the molecule is CC(C)C[C@H](NC(=O)c1c(C(=O)O)cnn1C)C(=O)O. The third-order valence-electron chi connectivity index (χ3n) is 2.69. The van der Waals surface area contributed by atoms with Crippen molar-refractivity contribution in [3.63, 3.8) is 0 Å². The molecule has 3 N–H and O–H groups in total. The number of aromatic nitrogens is 2. The average Bonchev–Trinajstić information content (AvgIpc) is 2.69. The number of nitrogens with one attached hydrogen (secondary N) is 1. The maximum absolute atomic E-state index is 12.0. The molecule has 0 fully saturated rings. The molecule has 0 radical (unpaired) electrons. The van der Waals surface area contributed by atoms with Gasteiger partial charge in [-0.15, -0.1) is 0 Å². The van der Waals surface area contributed by atoms with Gasteiger partial charge in [-0.25, -0.2) is 9.59 Å². The van der Waals surface area contributed by atoms with Crippen molar-refractivity contribution in [1.29, 1.82) is 0 Å². The Balaban J connectivity index is 2.97. The zero-order valence-electron chi connectivity index (χ0n) is 11.5. The molecule has 20 heavy (non-hydrogen) atoms. The Labute approximate surface area is 115 Å². The van der Waals surface area contributed by atoms with Crippen molar-refractivity contribution < 1.29 is 24.6 Å². The summed E-state index contributed by atoms with van der Waals surface area (Å²) < 4.78 is 1.10. The number of aromatic carboxylic acids is 1.